The van der Waals surface area contributed by atoms with Crippen molar-refractivity contribution in [3.05, 3.63) is 72.3 Å². The van der Waals surface area contributed by atoms with Gasteiger partial charge in [-0.2, -0.15) is 5.10 Å². The third-order valence-corrected chi connectivity index (χ3v) is 4.85. The molecule has 6 heteroatoms. The number of ether oxygens (including phenoxy) is 1. The van der Waals surface area contributed by atoms with Crippen molar-refractivity contribution in [1.29, 1.82) is 0 Å². The Kier molecular flexibility index (Phi) is 5.16. The van der Waals surface area contributed by atoms with Gasteiger partial charge in [-0.1, -0.05) is 36.4 Å². The first-order chi connectivity index (χ1) is 14.2. The lowest BCUT2D eigenvalue weighted by atomic mass is 10.2. The molecule has 0 fully saturated rings. The average Bonchev–Trinajstić information content (AvgIpc) is 3.07. The second kappa shape index (κ2) is 8.06. The van der Waals surface area contributed by atoms with E-state index in [0.717, 1.165) is 11.0 Å². The number of hydrazone groups is 1. The van der Waals surface area contributed by atoms with E-state index in [9.17, 15) is 9.90 Å². The molecule has 1 aromatic heterocycles. The number of rotatable bonds is 6. The van der Waals surface area contributed by atoms with Crippen molar-refractivity contribution in [2.75, 3.05) is 7.11 Å². The fraction of sp³-hybridized carbons (Fsp3) is 0.130. The van der Waals surface area contributed by atoms with Crippen molar-refractivity contribution >= 4 is 33.9 Å². The van der Waals surface area contributed by atoms with Gasteiger partial charge in [0.2, 0.25) is 5.91 Å². The van der Waals surface area contributed by atoms with Gasteiger partial charge in [0, 0.05) is 34.8 Å². The van der Waals surface area contributed by atoms with Crippen LogP contribution < -0.4 is 10.2 Å². The number of hydrogen-bond donors (Lipinski definition) is 2. The molecule has 0 aliphatic carbocycles. The summed E-state index contributed by atoms with van der Waals surface area (Å²) in [6.45, 7) is 0.558. The van der Waals surface area contributed by atoms with Gasteiger partial charge in [-0.05, 0) is 35.9 Å². The summed E-state index contributed by atoms with van der Waals surface area (Å²) in [5, 5.41) is 16.0. The number of nitrogens with one attached hydrogen (secondary N) is 1. The first kappa shape index (κ1) is 18.6. The lowest BCUT2D eigenvalue weighted by Gasteiger charge is -2.07. The summed E-state index contributed by atoms with van der Waals surface area (Å²) in [6.07, 6.45) is 1.82. The number of amides is 1. The zero-order valence-corrected chi connectivity index (χ0v) is 16.0. The van der Waals surface area contributed by atoms with Crippen LogP contribution in [0.2, 0.25) is 0 Å². The van der Waals surface area contributed by atoms with Gasteiger partial charge in [-0.3, -0.25) is 4.79 Å². The topological polar surface area (TPSA) is 75.8 Å². The number of aromatic nitrogens is 1. The molecule has 0 unspecified atom stereocenters. The summed E-state index contributed by atoms with van der Waals surface area (Å²) in [6, 6.07) is 21.3. The number of carbonyl (C=O) groups is 1. The number of methoxy groups -OCH3 is 1. The summed E-state index contributed by atoms with van der Waals surface area (Å²) in [7, 11) is 1.48. The molecule has 0 atom stereocenters. The molecule has 29 heavy (non-hydrogen) atoms. The molecule has 0 radical (unpaired) electrons. The molecule has 0 saturated heterocycles. The van der Waals surface area contributed by atoms with Crippen LogP contribution in [-0.2, 0) is 11.3 Å². The Hall–Kier alpha value is -3.80. The number of aryl methyl sites for hydroxylation is 1. The van der Waals surface area contributed by atoms with Crippen LogP contribution in [0.15, 0.2) is 71.8 Å². The van der Waals surface area contributed by atoms with Gasteiger partial charge >= 0.3 is 0 Å². The molecule has 0 bridgehead atoms. The van der Waals surface area contributed by atoms with Gasteiger partial charge in [-0.15, -0.1) is 0 Å². The number of nitrogens with zero attached hydrogens (tertiary/aromatic N) is 2. The molecular formula is C23H21N3O3. The van der Waals surface area contributed by atoms with E-state index in [1.807, 2.05) is 24.3 Å². The number of para-hydroxylation sites is 2. The summed E-state index contributed by atoms with van der Waals surface area (Å²) >= 11 is 0. The molecule has 2 N–H and O–H groups in total. The van der Waals surface area contributed by atoms with Gasteiger partial charge in [0.15, 0.2) is 11.5 Å². The second-order valence-electron chi connectivity index (χ2n) is 6.66. The number of hydrogen-bond acceptors (Lipinski definition) is 4. The molecule has 6 nitrogen and oxygen atoms in total. The van der Waals surface area contributed by atoms with Crippen LogP contribution in [0, 0.1) is 0 Å². The average molecular weight is 387 g/mol. The Labute approximate surface area is 168 Å². The first-order valence-electron chi connectivity index (χ1n) is 9.32. The van der Waals surface area contributed by atoms with Gasteiger partial charge in [-0.25, -0.2) is 5.43 Å². The van der Waals surface area contributed by atoms with E-state index in [4.69, 9.17) is 4.74 Å². The number of carbonyl (C=O) groups excluding carboxylic acids is 1. The van der Waals surface area contributed by atoms with Crippen LogP contribution in [0.5, 0.6) is 11.5 Å². The van der Waals surface area contributed by atoms with Crippen LogP contribution in [0.25, 0.3) is 21.8 Å². The number of benzene rings is 3. The van der Waals surface area contributed by atoms with Crippen LogP contribution in [-0.4, -0.2) is 28.9 Å². The maximum Gasteiger partial charge on any atom is 0.241 e. The highest BCUT2D eigenvalue weighted by atomic mass is 16.5. The smallest absolute Gasteiger partial charge is 0.241 e. The molecule has 1 heterocycles. The van der Waals surface area contributed by atoms with Crippen LogP contribution in [0.3, 0.4) is 0 Å². The molecular weight excluding hydrogens is 366 g/mol. The van der Waals surface area contributed by atoms with E-state index in [1.54, 1.807) is 12.1 Å². The van der Waals surface area contributed by atoms with Crippen LogP contribution in [0.1, 0.15) is 12.0 Å². The molecule has 0 aliphatic heterocycles. The number of fused-ring (bicyclic) bond motifs is 3. The first-order valence-corrected chi connectivity index (χ1v) is 9.32. The lowest BCUT2D eigenvalue weighted by Crippen LogP contribution is -2.19. The normalized spacial score (nSPS) is 11.3. The van der Waals surface area contributed by atoms with Gasteiger partial charge in [0.25, 0.3) is 0 Å². The Morgan fingerprint density at radius 2 is 1.72 bits per heavy atom. The van der Waals surface area contributed by atoms with Crippen molar-refractivity contribution in [3.63, 3.8) is 0 Å². The molecule has 0 aliphatic rings. The molecule has 1 amide bonds. The van der Waals surface area contributed by atoms with Crippen molar-refractivity contribution in [3.8, 4) is 11.5 Å². The van der Waals surface area contributed by atoms with Crippen molar-refractivity contribution in [2.24, 2.45) is 5.10 Å². The van der Waals surface area contributed by atoms with E-state index in [-0.39, 0.29) is 11.7 Å². The minimum Gasteiger partial charge on any atom is -0.504 e. The largest absolute Gasteiger partial charge is 0.504 e. The molecule has 4 aromatic rings. The summed E-state index contributed by atoms with van der Waals surface area (Å²) in [4.78, 5) is 12.3. The Bertz CT molecular complexity index is 1160. The lowest BCUT2D eigenvalue weighted by molar-refractivity contribution is -0.121. The van der Waals surface area contributed by atoms with E-state index in [0.29, 0.717) is 24.3 Å². The van der Waals surface area contributed by atoms with Crippen molar-refractivity contribution in [2.45, 2.75) is 13.0 Å². The quantitative estimate of drug-likeness (QED) is 0.387. The van der Waals surface area contributed by atoms with E-state index >= 15 is 0 Å². The fourth-order valence-corrected chi connectivity index (χ4v) is 3.47. The molecule has 4 rings (SSSR count). The SMILES string of the molecule is COc1cc(/C=N\NC(=O)CCn2c3ccccc3c3ccccc32)ccc1O. The highest BCUT2D eigenvalue weighted by Gasteiger charge is 2.10. The zero-order valence-electron chi connectivity index (χ0n) is 16.0. The highest BCUT2D eigenvalue weighted by Crippen LogP contribution is 2.29. The predicted octanol–water partition coefficient (Wildman–Crippen LogP) is 4.05. The van der Waals surface area contributed by atoms with Crippen LogP contribution >= 0.6 is 0 Å². The second-order valence-corrected chi connectivity index (χ2v) is 6.66. The maximum absolute atomic E-state index is 12.3. The number of aromatic hydroxyl groups is 1. The van der Waals surface area contributed by atoms with Gasteiger partial charge in [0.05, 0.1) is 13.3 Å². The molecule has 146 valence electrons. The Morgan fingerprint density at radius 3 is 2.38 bits per heavy atom. The Morgan fingerprint density at radius 1 is 1.07 bits per heavy atom. The fourth-order valence-electron chi connectivity index (χ4n) is 3.47. The van der Waals surface area contributed by atoms with E-state index in [1.165, 1.54) is 30.2 Å². The predicted molar refractivity (Wildman–Crippen MR) is 114 cm³/mol. The monoisotopic (exact) mass is 387 g/mol. The maximum atomic E-state index is 12.3. The molecule has 0 saturated carbocycles. The van der Waals surface area contributed by atoms with Crippen molar-refractivity contribution < 1.29 is 14.6 Å². The van der Waals surface area contributed by atoms with Gasteiger partial charge < -0.3 is 14.4 Å². The zero-order chi connectivity index (χ0) is 20.2. The van der Waals surface area contributed by atoms with Gasteiger partial charge in [0.1, 0.15) is 0 Å². The summed E-state index contributed by atoms with van der Waals surface area (Å²) in [5.74, 6) is 0.236. The van der Waals surface area contributed by atoms with E-state index < -0.39 is 0 Å². The third kappa shape index (κ3) is 3.78. The standard InChI is InChI=1S/C23H21N3O3/c1-29-22-14-16(10-11-21(22)27)15-24-25-23(28)12-13-26-19-8-4-2-6-17(19)18-7-3-5-9-20(18)26/h2-11,14-15,27H,12-13H2,1H3,(H,25,28)/b24-15-. The highest BCUT2D eigenvalue weighted by molar-refractivity contribution is 6.08. The summed E-state index contributed by atoms with van der Waals surface area (Å²) in [5.41, 5.74) is 5.49. The molecule has 3 aromatic carbocycles. The van der Waals surface area contributed by atoms with Crippen molar-refractivity contribution in [1.82, 2.24) is 9.99 Å². The molecule has 0 spiro atoms. The Balaban J connectivity index is 1.45. The minimum absolute atomic E-state index is 0.0554. The summed E-state index contributed by atoms with van der Waals surface area (Å²) < 4.78 is 7.23. The number of phenolic OH excluding ortho intramolecular Hbond substituents is 1. The van der Waals surface area contributed by atoms with Crippen LogP contribution in [0.4, 0.5) is 0 Å². The number of phenols is 1. The minimum atomic E-state index is -0.172. The third-order valence-electron chi connectivity index (χ3n) is 4.85. The van der Waals surface area contributed by atoms with E-state index in [2.05, 4.69) is 39.4 Å².